The maximum absolute atomic E-state index is 13.1. The van der Waals surface area contributed by atoms with Gasteiger partial charge in [0.1, 0.15) is 17.4 Å². The lowest BCUT2D eigenvalue weighted by Gasteiger charge is -2.06. The van der Waals surface area contributed by atoms with Crippen LogP contribution in [0.25, 0.3) is 0 Å². The van der Waals surface area contributed by atoms with Gasteiger partial charge in [-0.3, -0.25) is 10.1 Å². The molecule has 0 spiro atoms. The number of halogens is 2. The van der Waals surface area contributed by atoms with Gasteiger partial charge in [-0.2, -0.15) is 4.98 Å². The molecule has 0 aliphatic rings. The number of nitro groups is 1. The van der Waals surface area contributed by atoms with E-state index < -0.39 is 10.7 Å². The van der Waals surface area contributed by atoms with E-state index in [4.69, 9.17) is 10.5 Å². The largest absolute Gasteiger partial charge is 0.434 e. The van der Waals surface area contributed by atoms with Gasteiger partial charge in [0.15, 0.2) is 0 Å². The first-order valence-electron chi connectivity index (χ1n) is 5.01. The van der Waals surface area contributed by atoms with Crippen molar-refractivity contribution in [3.8, 4) is 11.6 Å². The average Bonchev–Trinajstić information content (AvgIpc) is 2.33. The van der Waals surface area contributed by atoms with Gasteiger partial charge in [-0.1, -0.05) is 0 Å². The van der Waals surface area contributed by atoms with Crippen molar-refractivity contribution in [2.24, 2.45) is 0 Å². The highest BCUT2D eigenvalue weighted by Crippen LogP contribution is 2.31. The molecule has 0 saturated heterocycles. The highest BCUT2D eigenvalue weighted by atomic mass is 79.9. The van der Waals surface area contributed by atoms with Gasteiger partial charge in [-0.05, 0) is 40.2 Å². The van der Waals surface area contributed by atoms with Crippen LogP contribution in [0.2, 0.25) is 0 Å². The average molecular weight is 328 g/mol. The Hall–Kier alpha value is -2.22. The second-order valence-corrected chi connectivity index (χ2v) is 4.35. The molecule has 1 aromatic heterocycles. The topological polar surface area (TPSA) is 91.3 Å². The number of nitrogens with zero attached hydrogens (tertiary/aromatic N) is 2. The molecule has 0 aliphatic carbocycles. The lowest BCUT2D eigenvalue weighted by Crippen LogP contribution is -1.99. The van der Waals surface area contributed by atoms with Crippen LogP contribution in [0.3, 0.4) is 0 Å². The normalized spacial score (nSPS) is 10.2. The van der Waals surface area contributed by atoms with Crippen molar-refractivity contribution in [1.82, 2.24) is 4.98 Å². The van der Waals surface area contributed by atoms with Crippen molar-refractivity contribution in [2.75, 3.05) is 5.73 Å². The Kier molecular flexibility index (Phi) is 3.61. The van der Waals surface area contributed by atoms with E-state index in [0.717, 1.165) is 6.07 Å². The number of hydrogen-bond donors (Lipinski definition) is 1. The summed E-state index contributed by atoms with van der Waals surface area (Å²) in [4.78, 5) is 13.9. The predicted octanol–water partition coefficient (Wildman–Crippen LogP) is 3.27. The number of ether oxygens (including phenoxy) is 1. The number of anilines is 1. The fourth-order valence-electron chi connectivity index (χ4n) is 1.31. The molecule has 2 N–H and O–H groups in total. The Labute approximate surface area is 115 Å². The second-order valence-electron chi connectivity index (χ2n) is 3.50. The van der Waals surface area contributed by atoms with Crippen LogP contribution in [-0.4, -0.2) is 9.91 Å². The molecule has 98 valence electrons. The molecule has 0 radical (unpaired) electrons. The minimum atomic E-state index is -0.639. The van der Waals surface area contributed by atoms with Crippen LogP contribution in [0.1, 0.15) is 0 Å². The fourth-order valence-corrected chi connectivity index (χ4v) is 1.67. The Morgan fingerprint density at radius 3 is 2.74 bits per heavy atom. The molecule has 0 aliphatic heterocycles. The van der Waals surface area contributed by atoms with Crippen molar-refractivity contribution >= 4 is 27.4 Å². The molecule has 1 heterocycles. The Morgan fingerprint density at radius 1 is 1.37 bits per heavy atom. The summed E-state index contributed by atoms with van der Waals surface area (Å²) in [5.74, 6) is -0.429. The zero-order chi connectivity index (χ0) is 14.0. The second kappa shape index (κ2) is 5.19. The van der Waals surface area contributed by atoms with Crippen LogP contribution in [-0.2, 0) is 0 Å². The smallest absolute Gasteiger partial charge is 0.331 e. The number of hydrogen-bond acceptors (Lipinski definition) is 5. The molecule has 6 nitrogen and oxygen atoms in total. The van der Waals surface area contributed by atoms with Crippen LogP contribution < -0.4 is 10.5 Å². The Balaban J connectivity index is 2.39. The summed E-state index contributed by atoms with van der Waals surface area (Å²) in [6.07, 6.45) is 0. The SMILES string of the molecule is Nc1ccc([N+](=O)[O-])c(Oc2ccc(F)c(Br)c2)n1. The molecule has 0 bridgehead atoms. The summed E-state index contributed by atoms with van der Waals surface area (Å²) in [6.45, 7) is 0. The van der Waals surface area contributed by atoms with Crippen molar-refractivity contribution < 1.29 is 14.1 Å². The molecular formula is C11H7BrFN3O3. The molecule has 2 rings (SSSR count). The van der Waals surface area contributed by atoms with Crippen LogP contribution in [0.15, 0.2) is 34.8 Å². The van der Waals surface area contributed by atoms with E-state index in [9.17, 15) is 14.5 Å². The lowest BCUT2D eigenvalue weighted by atomic mass is 10.3. The van der Waals surface area contributed by atoms with E-state index in [2.05, 4.69) is 20.9 Å². The summed E-state index contributed by atoms with van der Waals surface area (Å²) < 4.78 is 18.5. The molecule has 0 unspecified atom stereocenters. The molecule has 8 heteroatoms. The zero-order valence-electron chi connectivity index (χ0n) is 9.34. The Bertz CT molecular complexity index is 651. The monoisotopic (exact) mass is 327 g/mol. The molecule has 1 aromatic carbocycles. The third kappa shape index (κ3) is 2.97. The molecule has 2 aromatic rings. The summed E-state index contributed by atoms with van der Waals surface area (Å²) in [6, 6.07) is 6.32. The van der Waals surface area contributed by atoms with Gasteiger partial charge in [-0.25, -0.2) is 4.39 Å². The van der Waals surface area contributed by atoms with Gasteiger partial charge >= 0.3 is 11.6 Å². The van der Waals surface area contributed by atoms with Gasteiger partial charge in [0.2, 0.25) is 0 Å². The third-order valence-electron chi connectivity index (χ3n) is 2.16. The highest BCUT2D eigenvalue weighted by Gasteiger charge is 2.18. The van der Waals surface area contributed by atoms with E-state index >= 15 is 0 Å². The van der Waals surface area contributed by atoms with E-state index in [1.54, 1.807) is 0 Å². The number of aromatic nitrogens is 1. The van der Waals surface area contributed by atoms with Crippen LogP contribution >= 0.6 is 15.9 Å². The molecule has 0 amide bonds. The molecule has 19 heavy (non-hydrogen) atoms. The maximum Gasteiger partial charge on any atom is 0.331 e. The zero-order valence-corrected chi connectivity index (χ0v) is 10.9. The number of nitrogens with two attached hydrogens (primary N) is 1. The molecule has 0 saturated carbocycles. The van der Waals surface area contributed by atoms with E-state index in [-0.39, 0.29) is 27.6 Å². The molecule has 0 atom stereocenters. The standard InChI is InChI=1S/C11H7BrFN3O3/c12-7-5-6(1-2-8(7)13)19-11-9(16(17)18)3-4-10(14)15-11/h1-5H,(H2,14,15). The van der Waals surface area contributed by atoms with E-state index in [1.807, 2.05) is 0 Å². The van der Waals surface area contributed by atoms with Crippen LogP contribution in [0, 0.1) is 15.9 Å². The number of nitrogen functional groups attached to an aromatic ring is 1. The third-order valence-corrected chi connectivity index (χ3v) is 2.77. The Morgan fingerprint density at radius 2 is 2.11 bits per heavy atom. The maximum atomic E-state index is 13.1. The van der Waals surface area contributed by atoms with Crippen LogP contribution in [0.5, 0.6) is 11.6 Å². The lowest BCUT2D eigenvalue weighted by molar-refractivity contribution is -0.386. The first-order chi connectivity index (χ1) is 8.97. The van der Waals surface area contributed by atoms with E-state index in [1.165, 1.54) is 24.3 Å². The van der Waals surface area contributed by atoms with Crippen molar-refractivity contribution in [3.63, 3.8) is 0 Å². The van der Waals surface area contributed by atoms with Gasteiger partial charge in [0, 0.05) is 6.07 Å². The minimum absolute atomic E-state index is 0.0850. The first kappa shape index (κ1) is 13.2. The van der Waals surface area contributed by atoms with Gasteiger partial charge in [0.25, 0.3) is 0 Å². The quantitative estimate of drug-likeness (QED) is 0.690. The minimum Gasteiger partial charge on any atom is -0.434 e. The number of rotatable bonds is 3. The van der Waals surface area contributed by atoms with Crippen molar-refractivity contribution in [2.45, 2.75) is 0 Å². The molecular weight excluding hydrogens is 321 g/mol. The summed E-state index contributed by atoms with van der Waals surface area (Å²) in [5.41, 5.74) is 5.13. The molecule has 0 fully saturated rings. The summed E-state index contributed by atoms with van der Waals surface area (Å²) >= 11 is 2.99. The van der Waals surface area contributed by atoms with E-state index in [0.29, 0.717) is 0 Å². The highest BCUT2D eigenvalue weighted by molar-refractivity contribution is 9.10. The fraction of sp³-hybridized carbons (Fsp3) is 0. The van der Waals surface area contributed by atoms with Crippen molar-refractivity contribution in [1.29, 1.82) is 0 Å². The summed E-state index contributed by atoms with van der Waals surface area (Å²) in [5, 5.41) is 10.8. The summed E-state index contributed by atoms with van der Waals surface area (Å²) in [7, 11) is 0. The predicted molar refractivity (Wildman–Crippen MR) is 69.5 cm³/mol. The van der Waals surface area contributed by atoms with Crippen LogP contribution in [0.4, 0.5) is 15.9 Å². The first-order valence-corrected chi connectivity index (χ1v) is 5.80. The van der Waals surface area contributed by atoms with Gasteiger partial charge in [-0.15, -0.1) is 0 Å². The number of pyridine rings is 1. The van der Waals surface area contributed by atoms with Gasteiger partial charge in [0.05, 0.1) is 9.40 Å². The van der Waals surface area contributed by atoms with Crippen molar-refractivity contribution in [3.05, 3.63) is 50.7 Å². The van der Waals surface area contributed by atoms with Gasteiger partial charge < -0.3 is 10.5 Å². The number of benzene rings is 1.